The van der Waals surface area contributed by atoms with Gasteiger partial charge in [0.15, 0.2) is 11.8 Å². The summed E-state index contributed by atoms with van der Waals surface area (Å²) in [4.78, 5) is 25.5. The van der Waals surface area contributed by atoms with E-state index in [1.54, 1.807) is 6.21 Å². The van der Waals surface area contributed by atoms with Crippen molar-refractivity contribution in [2.24, 2.45) is 28.8 Å². The predicted octanol–water partition coefficient (Wildman–Crippen LogP) is 4.02. The Hall–Kier alpha value is -1.76. The zero-order chi connectivity index (χ0) is 20.4. The normalized spacial score (nSPS) is 44.1. The van der Waals surface area contributed by atoms with Gasteiger partial charge >= 0.3 is 0 Å². The van der Waals surface area contributed by atoms with Gasteiger partial charge in [-0.05, 0) is 50.5 Å². The Bertz CT molecular complexity index is 840. The van der Waals surface area contributed by atoms with Gasteiger partial charge in [-0.1, -0.05) is 43.7 Å². The van der Waals surface area contributed by atoms with Crippen molar-refractivity contribution in [2.45, 2.75) is 71.0 Å². The molecule has 0 unspecified atom stereocenters. The van der Waals surface area contributed by atoms with E-state index in [-0.39, 0.29) is 23.7 Å². The maximum absolute atomic E-state index is 13.4. The highest BCUT2D eigenvalue weighted by molar-refractivity contribution is 5.84. The number of hydrazone groups is 1. The van der Waals surface area contributed by atoms with E-state index < -0.39 is 17.6 Å². The minimum absolute atomic E-state index is 0.00189. The Kier molecular flexibility index (Phi) is 4.39. The van der Waals surface area contributed by atoms with Crippen LogP contribution < -0.4 is 0 Å². The van der Waals surface area contributed by atoms with Crippen LogP contribution in [0.15, 0.2) is 29.4 Å². The second kappa shape index (κ2) is 6.62. The molecule has 0 aromatic heterocycles. The fourth-order valence-corrected chi connectivity index (χ4v) is 5.93. The van der Waals surface area contributed by atoms with Gasteiger partial charge in [-0.25, -0.2) is 14.8 Å². The monoisotopic (exact) mass is 398 g/mol. The van der Waals surface area contributed by atoms with Crippen molar-refractivity contribution in [3.05, 3.63) is 35.4 Å². The molecule has 5 aliphatic rings. The third kappa shape index (κ3) is 2.80. The molecule has 4 aliphatic heterocycles. The van der Waals surface area contributed by atoms with E-state index in [9.17, 15) is 4.79 Å². The molecular formula is C23H30N2O4. The topological polar surface area (TPSA) is 60.4 Å². The van der Waals surface area contributed by atoms with Crippen molar-refractivity contribution < 1.29 is 19.3 Å². The van der Waals surface area contributed by atoms with E-state index >= 15 is 0 Å². The molecule has 2 bridgehead atoms. The van der Waals surface area contributed by atoms with Crippen LogP contribution in [0.25, 0.3) is 0 Å². The first kappa shape index (κ1) is 19.2. The maximum Gasteiger partial charge on any atom is 0.248 e. The van der Waals surface area contributed by atoms with Crippen molar-refractivity contribution in [3.63, 3.8) is 0 Å². The lowest BCUT2D eigenvalue weighted by Gasteiger charge is -2.60. The van der Waals surface area contributed by atoms with Gasteiger partial charge in [-0.3, -0.25) is 4.79 Å². The molecule has 5 fully saturated rings. The van der Waals surface area contributed by atoms with Crippen LogP contribution in [0.5, 0.6) is 0 Å². The van der Waals surface area contributed by atoms with Crippen LogP contribution in [0.3, 0.4) is 0 Å². The molecule has 1 spiro atoms. The lowest BCUT2D eigenvalue weighted by atomic mass is 9.57. The molecule has 1 aromatic carbocycles. The number of hydrogen-bond donors (Lipinski definition) is 0. The molecule has 1 aromatic rings. The summed E-state index contributed by atoms with van der Waals surface area (Å²) in [5, 5.41) is 6.18. The van der Waals surface area contributed by atoms with E-state index in [0.29, 0.717) is 5.92 Å². The molecule has 1 saturated carbocycles. The number of nitrogens with zero attached hydrogens (tertiary/aromatic N) is 2. The summed E-state index contributed by atoms with van der Waals surface area (Å²) in [7, 11) is 0. The Labute approximate surface area is 172 Å². The number of amides is 1. The van der Waals surface area contributed by atoms with Gasteiger partial charge in [0.25, 0.3) is 0 Å². The summed E-state index contributed by atoms with van der Waals surface area (Å²) in [5.74, 6) is -0.188. The van der Waals surface area contributed by atoms with Crippen LogP contribution in [0.1, 0.15) is 57.6 Å². The van der Waals surface area contributed by atoms with Gasteiger partial charge in [-0.2, -0.15) is 5.10 Å². The summed E-state index contributed by atoms with van der Waals surface area (Å²) in [6.45, 7) is 8.25. The third-order valence-corrected chi connectivity index (χ3v) is 7.65. The van der Waals surface area contributed by atoms with E-state index in [4.69, 9.17) is 14.5 Å². The number of rotatable bonds is 2. The number of hydrogen-bond acceptors (Lipinski definition) is 5. The predicted molar refractivity (Wildman–Crippen MR) is 108 cm³/mol. The van der Waals surface area contributed by atoms with Gasteiger partial charge in [0.2, 0.25) is 11.7 Å². The highest BCUT2D eigenvalue weighted by atomic mass is 17.3. The number of carbonyl (C=O) groups is 1. The highest BCUT2D eigenvalue weighted by Gasteiger charge is 2.70. The lowest BCUT2D eigenvalue weighted by Crippen LogP contribution is -2.74. The molecular weight excluding hydrogens is 368 g/mol. The van der Waals surface area contributed by atoms with E-state index in [1.165, 1.54) is 10.6 Å². The smallest absolute Gasteiger partial charge is 0.248 e. The van der Waals surface area contributed by atoms with Crippen LogP contribution in [-0.4, -0.2) is 34.7 Å². The quantitative estimate of drug-likeness (QED) is 0.558. The summed E-state index contributed by atoms with van der Waals surface area (Å²) in [6, 6.07) is 8.09. The number of aryl methyl sites for hydroxylation is 1. The maximum atomic E-state index is 13.4. The average molecular weight is 399 g/mol. The van der Waals surface area contributed by atoms with Crippen LogP contribution in [0.2, 0.25) is 0 Å². The molecule has 0 N–H and O–H groups in total. The van der Waals surface area contributed by atoms with Crippen molar-refractivity contribution in [3.8, 4) is 0 Å². The molecule has 7 atom stereocenters. The lowest BCUT2D eigenvalue weighted by molar-refractivity contribution is -0.547. The number of fused-ring (bicyclic) bond motifs is 2. The van der Waals surface area contributed by atoms with E-state index in [1.807, 2.05) is 38.1 Å². The second-order valence-electron chi connectivity index (χ2n) is 9.56. The van der Waals surface area contributed by atoms with Gasteiger partial charge < -0.3 is 4.74 Å². The number of benzene rings is 1. The van der Waals surface area contributed by atoms with Gasteiger partial charge in [0.1, 0.15) is 0 Å². The number of carbonyl (C=O) groups excluding carboxylic acids is 1. The van der Waals surface area contributed by atoms with E-state index in [2.05, 4.69) is 18.9 Å². The molecule has 6 nitrogen and oxygen atoms in total. The molecule has 0 radical (unpaired) electrons. The van der Waals surface area contributed by atoms with Crippen molar-refractivity contribution in [1.82, 2.24) is 5.01 Å². The van der Waals surface area contributed by atoms with Gasteiger partial charge in [0, 0.05) is 18.3 Å². The summed E-state index contributed by atoms with van der Waals surface area (Å²) in [5.41, 5.74) is 1.48. The summed E-state index contributed by atoms with van der Waals surface area (Å²) >= 11 is 0. The molecule has 156 valence electrons. The zero-order valence-corrected chi connectivity index (χ0v) is 17.6. The second-order valence-corrected chi connectivity index (χ2v) is 9.56. The van der Waals surface area contributed by atoms with E-state index in [0.717, 1.165) is 31.2 Å². The molecule has 1 aliphatic carbocycles. The average Bonchev–Trinajstić information content (AvgIpc) is 2.94. The standard InChI is InChI=1S/C23H30N2O4/c1-14-5-8-17(9-6-14)13-24-25-20(26)16(3)19-10-7-15(2)18-11-12-22(4)27-21(25)23(18,19)29-28-22/h5-6,8-9,13,15-16,18-19,21H,7,10-12H2,1-4H3/b24-13+/t15-,16-,18+,19+,21-,22-,23-/m1/s1. The minimum atomic E-state index is -0.851. The number of ether oxygens (including phenoxy) is 1. The fraction of sp³-hybridized carbons (Fsp3) is 0.652. The SMILES string of the molecule is Cc1ccc(/C=N/N2C(=O)[C@H](C)[C@@H]3CC[C@@H](C)[C@@H]4CC[C@@]5(C)OO[C@]43[C@H]2O5)cc1. The largest absolute Gasteiger partial charge is 0.319 e. The Morgan fingerprint density at radius 1 is 1.10 bits per heavy atom. The van der Waals surface area contributed by atoms with Crippen molar-refractivity contribution >= 4 is 12.1 Å². The number of piperidine rings is 1. The molecule has 4 heterocycles. The van der Waals surface area contributed by atoms with Crippen LogP contribution >= 0.6 is 0 Å². The molecule has 6 rings (SSSR count). The molecule has 1 amide bonds. The first-order chi connectivity index (χ1) is 13.8. The molecule has 6 heteroatoms. The van der Waals surface area contributed by atoms with Gasteiger partial charge in [0.05, 0.1) is 6.21 Å². The zero-order valence-electron chi connectivity index (χ0n) is 17.6. The minimum Gasteiger partial charge on any atom is -0.319 e. The first-order valence-corrected chi connectivity index (χ1v) is 10.8. The fourth-order valence-electron chi connectivity index (χ4n) is 5.93. The molecule has 29 heavy (non-hydrogen) atoms. The van der Waals surface area contributed by atoms with Crippen molar-refractivity contribution in [1.29, 1.82) is 0 Å². The van der Waals surface area contributed by atoms with Crippen LogP contribution in [0, 0.1) is 30.6 Å². The highest BCUT2D eigenvalue weighted by Crippen LogP contribution is 2.60. The third-order valence-electron chi connectivity index (χ3n) is 7.65. The van der Waals surface area contributed by atoms with Crippen LogP contribution in [0.4, 0.5) is 0 Å². The molecule has 4 saturated heterocycles. The summed E-state index contributed by atoms with van der Waals surface area (Å²) < 4.78 is 6.46. The Morgan fingerprint density at radius 3 is 2.62 bits per heavy atom. The Balaban J connectivity index is 1.58. The first-order valence-electron chi connectivity index (χ1n) is 10.8. The van der Waals surface area contributed by atoms with Crippen LogP contribution in [-0.2, 0) is 19.3 Å². The Morgan fingerprint density at radius 2 is 1.86 bits per heavy atom. The van der Waals surface area contributed by atoms with Gasteiger partial charge in [-0.15, -0.1) is 0 Å². The van der Waals surface area contributed by atoms with Crippen molar-refractivity contribution in [2.75, 3.05) is 0 Å². The summed E-state index contributed by atoms with van der Waals surface area (Å²) in [6.07, 6.45) is 4.96.